The van der Waals surface area contributed by atoms with Gasteiger partial charge in [-0.2, -0.15) is 0 Å². The van der Waals surface area contributed by atoms with Gasteiger partial charge in [-0.05, 0) is 52.2 Å². The maximum atomic E-state index is 11.6. The first-order valence-corrected chi connectivity index (χ1v) is 7.91. The number of carbonyl (C=O) groups excluding carboxylic acids is 1. The molecule has 2 aliphatic heterocycles. The van der Waals surface area contributed by atoms with Crippen molar-refractivity contribution in [1.29, 1.82) is 0 Å². The minimum absolute atomic E-state index is 0.236. The van der Waals surface area contributed by atoms with Crippen molar-refractivity contribution in [3.05, 3.63) is 0 Å². The van der Waals surface area contributed by atoms with Gasteiger partial charge >= 0.3 is 0 Å². The first kappa shape index (κ1) is 14.8. The second-order valence-electron chi connectivity index (χ2n) is 6.16. The summed E-state index contributed by atoms with van der Waals surface area (Å²) in [4.78, 5) is 16.7. The van der Waals surface area contributed by atoms with E-state index in [1.807, 2.05) is 0 Å². The Balaban J connectivity index is 1.69. The third-order valence-corrected chi connectivity index (χ3v) is 4.58. The molecule has 0 radical (unpaired) electrons. The minimum Gasteiger partial charge on any atom is -0.353 e. The number of amides is 1. The Bertz CT molecular complexity index is 279. The Morgan fingerprint density at radius 3 is 2.32 bits per heavy atom. The predicted octanol–water partition coefficient (Wildman–Crippen LogP) is 1.46. The van der Waals surface area contributed by atoms with Gasteiger partial charge in [0.05, 0.1) is 0 Å². The summed E-state index contributed by atoms with van der Waals surface area (Å²) in [5.74, 6) is 0.236. The molecular formula is C15H29N3O. The summed E-state index contributed by atoms with van der Waals surface area (Å²) in [6.45, 7) is 6.84. The Hall–Kier alpha value is -0.610. The van der Waals surface area contributed by atoms with Crippen molar-refractivity contribution in [3.8, 4) is 0 Å². The van der Waals surface area contributed by atoms with Crippen molar-refractivity contribution < 1.29 is 4.79 Å². The molecule has 110 valence electrons. The second kappa shape index (κ2) is 7.25. The van der Waals surface area contributed by atoms with Gasteiger partial charge in [0, 0.05) is 31.6 Å². The van der Waals surface area contributed by atoms with Crippen LogP contribution in [0.3, 0.4) is 0 Å². The largest absolute Gasteiger partial charge is 0.353 e. The van der Waals surface area contributed by atoms with Crippen LogP contribution >= 0.6 is 0 Å². The van der Waals surface area contributed by atoms with Crippen molar-refractivity contribution in [1.82, 2.24) is 15.1 Å². The maximum absolute atomic E-state index is 11.6. The summed E-state index contributed by atoms with van der Waals surface area (Å²) < 4.78 is 0. The molecular weight excluding hydrogens is 238 g/mol. The molecule has 0 unspecified atom stereocenters. The summed E-state index contributed by atoms with van der Waals surface area (Å²) in [5, 5.41) is 3.18. The maximum Gasteiger partial charge on any atom is 0.220 e. The average Bonchev–Trinajstić information content (AvgIpc) is 2.41. The van der Waals surface area contributed by atoms with Crippen LogP contribution in [0.4, 0.5) is 0 Å². The molecule has 0 saturated carbocycles. The van der Waals surface area contributed by atoms with E-state index in [0.29, 0.717) is 12.5 Å². The highest BCUT2D eigenvalue weighted by Crippen LogP contribution is 2.20. The van der Waals surface area contributed by atoms with Crippen LogP contribution < -0.4 is 5.32 Å². The number of hydrogen-bond acceptors (Lipinski definition) is 3. The van der Waals surface area contributed by atoms with Gasteiger partial charge in [0.1, 0.15) is 0 Å². The number of rotatable bonds is 4. The fourth-order valence-corrected chi connectivity index (χ4v) is 3.30. The van der Waals surface area contributed by atoms with Gasteiger partial charge in [-0.3, -0.25) is 4.79 Å². The van der Waals surface area contributed by atoms with E-state index in [0.717, 1.165) is 38.4 Å². The molecule has 2 fully saturated rings. The van der Waals surface area contributed by atoms with Crippen LogP contribution in [-0.4, -0.2) is 61.0 Å². The van der Waals surface area contributed by atoms with E-state index < -0.39 is 0 Å². The first-order chi connectivity index (χ1) is 9.19. The van der Waals surface area contributed by atoms with Crippen LogP contribution in [0.25, 0.3) is 0 Å². The van der Waals surface area contributed by atoms with Crippen LogP contribution in [0.15, 0.2) is 0 Å². The summed E-state index contributed by atoms with van der Waals surface area (Å²) in [7, 11) is 2.21. The van der Waals surface area contributed by atoms with Crippen LogP contribution in [-0.2, 0) is 4.79 Å². The van der Waals surface area contributed by atoms with Crippen LogP contribution in [0, 0.1) is 0 Å². The normalized spacial score (nSPS) is 24.5. The molecule has 0 bridgehead atoms. The highest BCUT2D eigenvalue weighted by Gasteiger charge is 2.27. The van der Waals surface area contributed by atoms with Gasteiger partial charge in [-0.25, -0.2) is 0 Å². The smallest absolute Gasteiger partial charge is 0.220 e. The standard InChI is InChI=1S/C15H29N3O/c1-3-4-15(19)16-13-5-11-18(12-6-13)14-7-9-17(2)10-8-14/h13-14H,3-12H2,1-2H3,(H,16,19). The quantitative estimate of drug-likeness (QED) is 0.837. The fraction of sp³-hybridized carbons (Fsp3) is 0.933. The molecule has 4 heteroatoms. The van der Waals surface area contributed by atoms with Crippen LogP contribution in [0.5, 0.6) is 0 Å². The summed E-state index contributed by atoms with van der Waals surface area (Å²) in [6.07, 6.45) is 6.49. The lowest BCUT2D eigenvalue weighted by Gasteiger charge is -2.41. The molecule has 2 aliphatic rings. The highest BCUT2D eigenvalue weighted by molar-refractivity contribution is 5.76. The molecule has 0 aromatic rings. The lowest BCUT2D eigenvalue weighted by atomic mass is 9.98. The van der Waals surface area contributed by atoms with Gasteiger partial charge in [-0.1, -0.05) is 6.92 Å². The van der Waals surface area contributed by atoms with Crippen molar-refractivity contribution in [2.45, 2.75) is 57.5 Å². The molecule has 4 nitrogen and oxygen atoms in total. The van der Waals surface area contributed by atoms with E-state index in [2.05, 4.69) is 29.1 Å². The van der Waals surface area contributed by atoms with E-state index in [-0.39, 0.29) is 5.91 Å². The molecule has 0 atom stereocenters. The first-order valence-electron chi connectivity index (χ1n) is 7.91. The molecule has 2 saturated heterocycles. The molecule has 1 N–H and O–H groups in total. The second-order valence-corrected chi connectivity index (χ2v) is 6.16. The highest BCUT2D eigenvalue weighted by atomic mass is 16.1. The molecule has 1 amide bonds. The van der Waals surface area contributed by atoms with Crippen molar-refractivity contribution in [3.63, 3.8) is 0 Å². The molecule has 0 aliphatic carbocycles. The third kappa shape index (κ3) is 4.46. The van der Waals surface area contributed by atoms with Crippen molar-refractivity contribution in [2.24, 2.45) is 0 Å². The topological polar surface area (TPSA) is 35.6 Å². The molecule has 19 heavy (non-hydrogen) atoms. The zero-order valence-electron chi connectivity index (χ0n) is 12.5. The van der Waals surface area contributed by atoms with Crippen LogP contribution in [0.1, 0.15) is 45.4 Å². The Labute approximate surface area is 117 Å². The summed E-state index contributed by atoms with van der Waals surface area (Å²) in [6, 6.07) is 1.20. The SMILES string of the molecule is CCCC(=O)NC1CCN(C2CCN(C)CC2)CC1. The molecule has 2 heterocycles. The van der Waals surface area contributed by atoms with Gasteiger partial charge in [-0.15, -0.1) is 0 Å². The fourth-order valence-electron chi connectivity index (χ4n) is 3.30. The van der Waals surface area contributed by atoms with E-state index >= 15 is 0 Å². The number of carbonyl (C=O) groups is 1. The Morgan fingerprint density at radius 1 is 1.11 bits per heavy atom. The van der Waals surface area contributed by atoms with E-state index in [4.69, 9.17) is 0 Å². The average molecular weight is 267 g/mol. The van der Waals surface area contributed by atoms with Crippen molar-refractivity contribution in [2.75, 3.05) is 33.2 Å². The summed E-state index contributed by atoms with van der Waals surface area (Å²) >= 11 is 0. The monoisotopic (exact) mass is 267 g/mol. The molecule has 0 aromatic carbocycles. The number of hydrogen-bond donors (Lipinski definition) is 1. The zero-order valence-corrected chi connectivity index (χ0v) is 12.5. The van der Waals surface area contributed by atoms with Gasteiger partial charge < -0.3 is 15.1 Å². The minimum atomic E-state index is 0.236. The number of nitrogens with one attached hydrogen (secondary N) is 1. The molecule has 2 rings (SSSR count). The van der Waals surface area contributed by atoms with Gasteiger partial charge in [0.2, 0.25) is 5.91 Å². The number of likely N-dealkylation sites (tertiary alicyclic amines) is 2. The van der Waals surface area contributed by atoms with E-state index in [1.165, 1.54) is 25.9 Å². The zero-order chi connectivity index (χ0) is 13.7. The van der Waals surface area contributed by atoms with E-state index in [9.17, 15) is 4.79 Å². The molecule has 0 spiro atoms. The lowest BCUT2D eigenvalue weighted by molar-refractivity contribution is -0.122. The lowest BCUT2D eigenvalue weighted by Crippen LogP contribution is -2.50. The third-order valence-electron chi connectivity index (χ3n) is 4.58. The summed E-state index contributed by atoms with van der Waals surface area (Å²) in [5.41, 5.74) is 0. The predicted molar refractivity (Wildman–Crippen MR) is 78.2 cm³/mol. The van der Waals surface area contributed by atoms with E-state index in [1.54, 1.807) is 0 Å². The molecule has 0 aromatic heterocycles. The number of nitrogens with zero attached hydrogens (tertiary/aromatic N) is 2. The Kier molecular flexibility index (Phi) is 5.64. The van der Waals surface area contributed by atoms with Gasteiger partial charge in [0.25, 0.3) is 0 Å². The van der Waals surface area contributed by atoms with Crippen molar-refractivity contribution >= 4 is 5.91 Å². The van der Waals surface area contributed by atoms with Crippen LogP contribution in [0.2, 0.25) is 0 Å². The Morgan fingerprint density at radius 2 is 1.74 bits per heavy atom. The van der Waals surface area contributed by atoms with Gasteiger partial charge in [0.15, 0.2) is 0 Å². The number of piperidine rings is 2.